The Hall–Kier alpha value is -3.60. The number of halogens is 1. The topological polar surface area (TPSA) is 50.2 Å². The number of hydrogen-bond acceptors (Lipinski definition) is 3. The summed E-state index contributed by atoms with van der Waals surface area (Å²) in [6.45, 7) is 6.54. The summed E-state index contributed by atoms with van der Waals surface area (Å²) in [5.41, 5.74) is 4.56. The number of aromatic nitrogens is 2. The third-order valence-electron chi connectivity index (χ3n) is 5.27. The maximum atomic E-state index is 13.7. The minimum absolute atomic E-state index is 0.0519. The number of nitrogens with zero attached hydrogens (tertiary/aromatic N) is 3. The molecule has 3 aromatic carbocycles. The van der Waals surface area contributed by atoms with Crippen molar-refractivity contribution in [2.45, 2.75) is 26.2 Å². The van der Waals surface area contributed by atoms with Crippen LogP contribution in [0.25, 0.3) is 22.3 Å². The number of rotatable bonds is 2. The Balaban J connectivity index is 1.71. The minimum Gasteiger partial charge on any atom is -0.339 e. The number of hydrogen-bond donors (Lipinski definition) is 1. The fourth-order valence-corrected chi connectivity index (χ4v) is 3.75. The predicted octanol–water partition coefficient (Wildman–Crippen LogP) is 6.24. The van der Waals surface area contributed by atoms with E-state index in [1.165, 1.54) is 17.7 Å². The summed E-state index contributed by atoms with van der Waals surface area (Å²) in [4.78, 5) is 14.4. The zero-order valence-corrected chi connectivity index (χ0v) is 17.1. The third kappa shape index (κ3) is 3.12. The molecule has 0 bridgehead atoms. The number of nitrogens with one attached hydrogen (secondary N) is 1. The van der Waals surface area contributed by atoms with Gasteiger partial charge in [-0.3, -0.25) is 0 Å². The zero-order valence-electron chi connectivity index (χ0n) is 17.1. The molecular weight excluding hydrogens is 375 g/mol. The molecule has 4 nitrogen and oxygen atoms in total. The van der Waals surface area contributed by atoms with Gasteiger partial charge in [0.15, 0.2) is 11.6 Å². The summed E-state index contributed by atoms with van der Waals surface area (Å²) in [6.07, 6.45) is 0. The SMILES string of the molecule is CC(C)(C)c1ccccc1-c1nc(N=C2Nc3ccc(F)cc32)c2ccccc2n1. The predicted molar refractivity (Wildman–Crippen MR) is 120 cm³/mol. The normalized spacial score (nSPS) is 14.3. The summed E-state index contributed by atoms with van der Waals surface area (Å²) in [6, 6.07) is 20.7. The van der Waals surface area contributed by atoms with Gasteiger partial charge < -0.3 is 5.32 Å². The van der Waals surface area contributed by atoms with Gasteiger partial charge in [0.05, 0.1) is 11.2 Å². The summed E-state index contributed by atoms with van der Waals surface area (Å²) >= 11 is 0. The Morgan fingerprint density at radius 2 is 1.63 bits per heavy atom. The summed E-state index contributed by atoms with van der Waals surface area (Å²) in [5.74, 6) is 1.53. The lowest BCUT2D eigenvalue weighted by Gasteiger charge is -2.24. The van der Waals surface area contributed by atoms with Crippen LogP contribution in [0.1, 0.15) is 31.9 Å². The molecule has 0 amide bonds. The Kier molecular flexibility index (Phi) is 4.13. The first-order chi connectivity index (χ1) is 14.4. The van der Waals surface area contributed by atoms with Gasteiger partial charge in [0.1, 0.15) is 11.7 Å². The molecule has 0 aliphatic carbocycles. The lowest BCUT2D eigenvalue weighted by molar-refractivity contribution is 0.591. The van der Waals surface area contributed by atoms with Crippen molar-refractivity contribution in [3.63, 3.8) is 0 Å². The molecule has 5 heteroatoms. The number of benzene rings is 3. The zero-order chi connectivity index (χ0) is 20.9. The maximum Gasteiger partial charge on any atom is 0.166 e. The second kappa shape index (κ2) is 6.73. The largest absolute Gasteiger partial charge is 0.339 e. The van der Waals surface area contributed by atoms with Crippen LogP contribution in [0.3, 0.4) is 0 Å². The van der Waals surface area contributed by atoms with Crippen molar-refractivity contribution in [1.29, 1.82) is 0 Å². The van der Waals surface area contributed by atoms with Crippen LogP contribution in [-0.4, -0.2) is 15.8 Å². The molecular formula is C25H21FN4. The molecule has 1 aliphatic rings. The van der Waals surface area contributed by atoms with Gasteiger partial charge in [-0.25, -0.2) is 19.4 Å². The van der Waals surface area contributed by atoms with Gasteiger partial charge in [-0.15, -0.1) is 0 Å². The van der Waals surface area contributed by atoms with Gasteiger partial charge in [0.2, 0.25) is 0 Å². The van der Waals surface area contributed by atoms with Gasteiger partial charge in [-0.05, 0) is 41.3 Å². The molecule has 0 saturated carbocycles. The molecule has 1 aliphatic heterocycles. The van der Waals surface area contributed by atoms with Crippen molar-refractivity contribution in [2.24, 2.45) is 4.99 Å². The number of amidine groups is 1. The number of para-hydroxylation sites is 1. The second-order valence-electron chi connectivity index (χ2n) is 8.46. The molecule has 0 spiro atoms. The van der Waals surface area contributed by atoms with Gasteiger partial charge in [-0.2, -0.15) is 0 Å². The molecule has 1 N–H and O–H groups in total. The molecule has 0 unspecified atom stereocenters. The minimum atomic E-state index is -0.282. The Morgan fingerprint density at radius 1 is 0.867 bits per heavy atom. The van der Waals surface area contributed by atoms with Crippen molar-refractivity contribution in [3.8, 4) is 11.4 Å². The molecule has 148 valence electrons. The van der Waals surface area contributed by atoms with Crippen molar-refractivity contribution in [2.75, 3.05) is 5.32 Å². The first-order valence-corrected chi connectivity index (χ1v) is 9.92. The molecule has 0 radical (unpaired) electrons. The first kappa shape index (κ1) is 18.4. The van der Waals surface area contributed by atoms with E-state index in [0.717, 1.165) is 27.7 Å². The number of aliphatic imine (C=N–C) groups is 1. The number of anilines is 1. The van der Waals surface area contributed by atoms with E-state index in [1.54, 1.807) is 6.07 Å². The lowest BCUT2D eigenvalue weighted by Crippen LogP contribution is -2.25. The average molecular weight is 396 g/mol. The standard InChI is InChI=1S/C25H21FN4/c1-25(2,3)19-10-6-4-8-16(19)22-27-20-11-7-5-9-17(20)23(29-22)30-24-18-14-15(26)12-13-21(18)28-24/h4-14H,1-3H3,(H,27,28,29,30). The second-order valence-corrected chi connectivity index (χ2v) is 8.46. The first-order valence-electron chi connectivity index (χ1n) is 9.92. The molecule has 2 heterocycles. The van der Waals surface area contributed by atoms with Gasteiger partial charge >= 0.3 is 0 Å². The summed E-state index contributed by atoms with van der Waals surface area (Å²) in [7, 11) is 0. The molecule has 1 aromatic heterocycles. The van der Waals surface area contributed by atoms with Crippen molar-refractivity contribution >= 4 is 28.2 Å². The van der Waals surface area contributed by atoms with Crippen LogP contribution < -0.4 is 5.32 Å². The lowest BCUT2D eigenvalue weighted by atomic mass is 9.83. The van der Waals surface area contributed by atoms with Crippen LogP contribution in [-0.2, 0) is 5.41 Å². The highest BCUT2D eigenvalue weighted by Gasteiger charge is 2.23. The smallest absolute Gasteiger partial charge is 0.166 e. The van der Waals surface area contributed by atoms with E-state index >= 15 is 0 Å². The van der Waals surface area contributed by atoms with Crippen LogP contribution in [0.2, 0.25) is 0 Å². The van der Waals surface area contributed by atoms with Crippen LogP contribution in [0, 0.1) is 5.82 Å². The molecule has 30 heavy (non-hydrogen) atoms. The molecule has 0 fully saturated rings. The summed E-state index contributed by atoms with van der Waals surface area (Å²) < 4.78 is 13.7. The van der Waals surface area contributed by atoms with Crippen molar-refractivity contribution in [3.05, 3.63) is 83.7 Å². The van der Waals surface area contributed by atoms with Crippen molar-refractivity contribution in [1.82, 2.24) is 9.97 Å². The third-order valence-corrected chi connectivity index (χ3v) is 5.27. The van der Waals surface area contributed by atoms with E-state index in [1.807, 2.05) is 42.5 Å². The molecule has 4 aromatic rings. The maximum absolute atomic E-state index is 13.7. The number of fused-ring (bicyclic) bond motifs is 2. The highest BCUT2D eigenvalue weighted by atomic mass is 19.1. The summed E-state index contributed by atoms with van der Waals surface area (Å²) in [5, 5.41) is 4.04. The fourth-order valence-electron chi connectivity index (χ4n) is 3.75. The monoisotopic (exact) mass is 396 g/mol. The van der Waals surface area contributed by atoms with E-state index in [-0.39, 0.29) is 11.2 Å². The quantitative estimate of drug-likeness (QED) is 0.436. The van der Waals surface area contributed by atoms with Crippen LogP contribution in [0.4, 0.5) is 15.9 Å². The van der Waals surface area contributed by atoms with Crippen LogP contribution >= 0.6 is 0 Å². The van der Waals surface area contributed by atoms with E-state index < -0.39 is 0 Å². The van der Waals surface area contributed by atoms with E-state index in [4.69, 9.17) is 15.0 Å². The van der Waals surface area contributed by atoms with Gasteiger partial charge in [0, 0.05) is 16.5 Å². The highest BCUT2D eigenvalue weighted by Crippen LogP contribution is 2.35. The van der Waals surface area contributed by atoms with E-state index in [9.17, 15) is 4.39 Å². The molecule has 0 saturated heterocycles. The highest BCUT2D eigenvalue weighted by molar-refractivity contribution is 6.22. The van der Waals surface area contributed by atoms with Crippen LogP contribution in [0.15, 0.2) is 71.7 Å². The molecule has 0 atom stereocenters. The van der Waals surface area contributed by atoms with E-state index in [0.29, 0.717) is 17.5 Å². The Morgan fingerprint density at radius 3 is 2.47 bits per heavy atom. The van der Waals surface area contributed by atoms with Gasteiger partial charge in [0.25, 0.3) is 0 Å². The Labute approximate surface area is 174 Å². The molecule has 5 rings (SSSR count). The van der Waals surface area contributed by atoms with Crippen molar-refractivity contribution < 1.29 is 4.39 Å². The average Bonchev–Trinajstić information content (AvgIpc) is 2.72. The van der Waals surface area contributed by atoms with Crippen LogP contribution in [0.5, 0.6) is 0 Å². The Bertz CT molecular complexity index is 1320. The fraction of sp³-hybridized carbons (Fsp3) is 0.160. The van der Waals surface area contributed by atoms with Gasteiger partial charge in [-0.1, -0.05) is 57.2 Å². The van der Waals surface area contributed by atoms with E-state index in [2.05, 4.69) is 32.2 Å².